The van der Waals surface area contributed by atoms with Crippen LogP contribution in [-0.4, -0.2) is 0 Å². The minimum absolute atomic E-state index is 0.503. The number of thiophene rings is 4. The summed E-state index contributed by atoms with van der Waals surface area (Å²) >= 11 is 7.36. The Hall–Kier alpha value is -4.42. The van der Waals surface area contributed by atoms with Crippen LogP contribution in [0.5, 0.6) is 0 Å². The number of benzene rings is 1. The molecule has 1 aromatic carbocycles. The second-order valence-corrected chi connectivity index (χ2v) is 11.4. The quantitative estimate of drug-likeness (QED) is 0.227. The Morgan fingerprint density at radius 1 is 0.526 bits per heavy atom. The number of nitriles is 4. The van der Waals surface area contributed by atoms with E-state index in [1.54, 1.807) is 22.7 Å². The second-order valence-electron chi connectivity index (χ2n) is 7.29. The normalized spacial score (nSPS) is 9.74. The van der Waals surface area contributed by atoms with Gasteiger partial charge in [0.1, 0.15) is 47.1 Å². The first kappa shape index (κ1) is 26.6. The fraction of sp³-hybridized carbons (Fsp3) is 0. The van der Waals surface area contributed by atoms with Gasteiger partial charge in [0.05, 0.1) is 0 Å². The Bertz CT molecular complexity index is 1710. The van der Waals surface area contributed by atoms with Crippen LogP contribution < -0.4 is 10.4 Å². The van der Waals surface area contributed by atoms with E-state index in [2.05, 4.69) is 59.3 Å². The van der Waals surface area contributed by atoms with Gasteiger partial charge in [-0.15, -0.1) is 45.3 Å². The van der Waals surface area contributed by atoms with Gasteiger partial charge in [-0.2, -0.15) is 21.0 Å². The lowest BCUT2D eigenvalue weighted by atomic mass is 10.1. The fourth-order valence-corrected chi connectivity index (χ4v) is 7.04. The number of rotatable bonds is 3. The van der Waals surface area contributed by atoms with Gasteiger partial charge in [-0.05, 0) is 59.3 Å². The van der Waals surface area contributed by atoms with Crippen LogP contribution in [0.15, 0.2) is 71.4 Å². The first-order valence-corrected chi connectivity index (χ1v) is 14.0. The van der Waals surface area contributed by atoms with Gasteiger partial charge in [0.15, 0.2) is 0 Å². The van der Waals surface area contributed by atoms with Crippen molar-refractivity contribution < 1.29 is 8.78 Å². The van der Waals surface area contributed by atoms with Gasteiger partial charge < -0.3 is 0 Å². The van der Waals surface area contributed by atoms with E-state index in [-0.39, 0.29) is 0 Å². The van der Waals surface area contributed by atoms with Crippen LogP contribution in [0.4, 0.5) is 8.78 Å². The van der Waals surface area contributed by atoms with Crippen LogP contribution in [0.25, 0.3) is 40.4 Å². The van der Waals surface area contributed by atoms with Gasteiger partial charge in [0.2, 0.25) is 0 Å². The number of hydrogen-bond acceptors (Lipinski definition) is 8. The van der Waals surface area contributed by atoms with Crippen molar-refractivity contribution in [2.45, 2.75) is 0 Å². The highest BCUT2D eigenvalue weighted by Gasteiger charge is 2.10. The Kier molecular flexibility index (Phi) is 8.56. The van der Waals surface area contributed by atoms with E-state index in [9.17, 15) is 8.78 Å². The molecule has 5 aromatic rings. The summed E-state index contributed by atoms with van der Waals surface area (Å²) < 4.78 is 27.1. The topological polar surface area (TPSA) is 95.2 Å². The molecule has 0 aliphatic rings. The van der Waals surface area contributed by atoms with Crippen molar-refractivity contribution in [3.8, 4) is 53.5 Å². The van der Waals surface area contributed by atoms with Crippen molar-refractivity contribution in [1.82, 2.24) is 0 Å². The SMILES string of the molecule is N#CC(C#N)=c1cc(F)c(=C(C#N)C#N)cc1F.c1csc(-c2ccc(-c3ccc(-c4cccs4)s3)s2)c1. The van der Waals surface area contributed by atoms with E-state index in [1.807, 2.05) is 22.7 Å². The predicted molar refractivity (Wildman–Crippen MR) is 149 cm³/mol. The molecule has 0 radical (unpaired) electrons. The molecule has 0 N–H and O–H groups in total. The lowest BCUT2D eigenvalue weighted by Gasteiger charge is -1.95. The highest BCUT2D eigenvalue weighted by molar-refractivity contribution is 7.28. The second kappa shape index (κ2) is 12.2. The van der Waals surface area contributed by atoms with Gasteiger partial charge in [-0.25, -0.2) is 8.78 Å². The van der Waals surface area contributed by atoms with Crippen LogP contribution in [0.3, 0.4) is 0 Å². The molecule has 0 bridgehead atoms. The number of nitrogens with zero attached hydrogens (tertiary/aromatic N) is 4. The third-order valence-electron chi connectivity index (χ3n) is 5.03. The standard InChI is InChI=1S/C16H10S4.C12H2F2N4/c1-3-11(17-9-1)13-5-7-15(19-13)16-8-6-14(20-16)12-4-2-10-18-12;13-11-1-9(7(3-15)4-16)12(14)2-10(11)8(5-17)6-18/h1-10H;1-2H. The van der Waals surface area contributed by atoms with Crippen LogP contribution in [0.2, 0.25) is 0 Å². The van der Waals surface area contributed by atoms with E-state index in [0.29, 0.717) is 12.1 Å². The summed E-state index contributed by atoms with van der Waals surface area (Å²) in [6, 6.07) is 24.5. The zero-order valence-corrected chi connectivity index (χ0v) is 22.4. The molecule has 38 heavy (non-hydrogen) atoms. The van der Waals surface area contributed by atoms with E-state index in [0.717, 1.165) is 0 Å². The minimum atomic E-state index is -1.05. The molecule has 10 heteroatoms. The number of hydrogen-bond donors (Lipinski definition) is 0. The molecule has 0 unspecified atom stereocenters. The summed E-state index contributed by atoms with van der Waals surface area (Å²) in [5, 5.41) is 37.5. The predicted octanol–water partition coefficient (Wildman–Crippen LogP) is 7.29. The maximum absolute atomic E-state index is 13.6. The molecule has 0 fully saturated rings. The van der Waals surface area contributed by atoms with Gasteiger partial charge in [0.25, 0.3) is 0 Å². The van der Waals surface area contributed by atoms with Crippen LogP contribution >= 0.6 is 45.3 Å². The summed E-state index contributed by atoms with van der Waals surface area (Å²) in [5.41, 5.74) is -1.18. The highest BCUT2D eigenvalue weighted by Crippen LogP contribution is 2.41. The highest BCUT2D eigenvalue weighted by atomic mass is 32.1. The molecule has 0 saturated carbocycles. The summed E-state index contributed by atoms with van der Waals surface area (Å²) in [6.45, 7) is 0. The Morgan fingerprint density at radius 3 is 1.16 bits per heavy atom. The lowest BCUT2D eigenvalue weighted by Crippen LogP contribution is -2.21. The molecule has 5 rings (SSSR count). The van der Waals surface area contributed by atoms with Gasteiger partial charge in [-0.3, -0.25) is 0 Å². The third-order valence-corrected chi connectivity index (χ3v) is 9.52. The zero-order valence-electron chi connectivity index (χ0n) is 19.1. The van der Waals surface area contributed by atoms with Gasteiger partial charge in [-0.1, -0.05) is 12.1 Å². The van der Waals surface area contributed by atoms with Crippen LogP contribution in [-0.2, 0) is 0 Å². The van der Waals surface area contributed by atoms with Crippen molar-refractivity contribution in [3.05, 3.63) is 93.5 Å². The van der Waals surface area contributed by atoms with Crippen molar-refractivity contribution in [2.24, 2.45) is 0 Å². The maximum Gasteiger partial charge on any atom is 0.139 e. The minimum Gasteiger partial charge on any atom is -0.206 e. The fourth-order valence-electron chi connectivity index (χ4n) is 3.26. The average Bonchev–Trinajstić information content (AvgIpc) is 3.74. The van der Waals surface area contributed by atoms with E-state index >= 15 is 0 Å². The van der Waals surface area contributed by atoms with Crippen LogP contribution in [0, 0.1) is 57.0 Å². The summed E-state index contributed by atoms with van der Waals surface area (Å²) in [7, 11) is 0. The Labute approximate surface area is 232 Å². The summed E-state index contributed by atoms with van der Waals surface area (Å²) in [5.74, 6) is -2.10. The van der Waals surface area contributed by atoms with Crippen LogP contribution in [0.1, 0.15) is 0 Å². The largest absolute Gasteiger partial charge is 0.206 e. The van der Waals surface area contributed by atoms with E-state index < -0.39 is 33.2 Å². The molecule has 0 aliphatic carbocycles. The smallest absolute Gasteiger partial charge is 0.139 e. The molecule has 0 aliphatic heterocycles. The molecule has 0 atom stereocenters. The van der Waals surface area contributed by atoms with Crippen molar-refractivity contribution in [3.63, 3.8) is 0 Å². The molecule has 4 nitrogen and oxygen atoms in total. The van der Waals surface area contributed by atoms with Gasteiger partial charge >= 0.3 is 0 Å². The molecule has 0 saturated heterocycles. The third kappa shape index (κ3) is 5.76. The first-order chi connectivity index (χ1) is 18.5. The molecule has 4 aromatic heterocycles. The lowest BCUT2D eigenvalue weighted by molar-refractivity contribution is 0.585. The molecule has 0 amide bonds. The molecule has 0 spiro atoms. The Morgan fingerprint density at radius 2 is 0.868 bits per heavy atom. The molecular weight excluding hydrogens is 559 g/mol. The van der Waals surface area contributed by atoms with Crippen molar-refractivity contribution in [2.75, 3.05) is 0 Å². The maximum atomic E-state index is 13.6. The molecule has 182 valence electrons. The van der Waals surface area contributed by atoms with E-state index in [4.69, 9.17) is 21.0 Å². The average molecular weight is 571 g/mol. The zero-order chi connectivity index (χ0) is 27.1. The summed E-state index contributed by atoms with van der Waals surface area (Å²) in [6.07, 6.45) is 0. The molecule has 4 heterocycles. The Balaban J connectivity index is 0.000000179. The van der Waals surface area contributed by atoms with Gasteiger partial charge in [0, 0.05) is 39.7 Å². The summed E-state index contributed by atoms with van der Waals surface area (Å²) in [4.78, 5) is 8.16. The molecular formula is C28H12F2N4S4. The number of halogens is 2. The first-order valence-electron chi connectivity index (χ1n) is 10.6. The monoisotopic (exact) mass is 570 g/mol. The van der Waals surface area contributed by atoms with Crippen molar-refractivity contribution >= 4 is 56.5 Å². The van der Waals surface area contributed by atoms with E-state index in [1.165, 1.54) is 53.5 Å². The van der Waals surface area contributed by atoms with Crippen molar-refractivity contribution in [1.29, 1.82) is 21.0 Å².